The van der Waals surface area contributed by atoms with Gasteiger partial charge in [-0.2, -0.15) is 0 Å². The van der Waals surface area contributed by atoms with E-state index in [9.17, 15) is 9.59 Å². The Kier molecular flexibility index (Phi) is 8.80. The second-order valence-corrected chi connectivity index (χ2v) is 8.58. The van der Waals surface area contributed by atoms with Crippen molar-refractivity contribution in [1.29, 1.82) is 0 Å². The Bertz CT molecular complexity index is 860. The van der Waals surface area contributed by atoms with Crippen molar-refractivity contribution in [1.82, 2.24) is 10.2 Å². The van der Waals surface area contributed by atoms with Crippen molar-refractivity contribution in [2.75, 3.05) is 6.61 Å². The highest BCUT2D eigenvalue weighted by Crippen LogP contribution is 2.28. The third-order valence-corrected chi connectivity index (χ3v) is 5.22. The molecule has 0 aromatic heterocycles. The van der Waals surface area contributed by atoms with Crippen LogP contribution in [-0.4, -0.2) is 35.4 Å². The molecule has 0 aliphatic carbocycles. The molecule has 8 heteroatoms. The van der Waals surface area contributed by atoms with Gasteiger partial charge in [-0.15, -0.1) is 0 Å². The molecule has 5 nitrogen and oxygen atoms in total. The average molecular weight is 502 g/mol. The second-order valence-electron chi connectivity index (χ2n) is 6.85. The number of hydrogen-bond donors (Lipinski definition) is 1. The van der Waals surface area contributed by atoms with Crippen LogP contribution in [0.4, 0.5) is 0 Å². The lowest BCUT2D eigenvalue weighted by atomic mass is 10.1. The number of rotatable bonds is 8. The van der Waals surface area contributed by atoms with Crippen LogP contribution >= 0.6 is 39.1 Å². The highest BCUT2D eigenvalue weighted by molar-refractivity contribution is 9.10. The lowest BCUT2D eigenvalue weighted by molar-refractivity contribution is -0.142. The van der Waals surface area contributed by atoms with Gasteiger partial charge < -0.3 is 15.0 Å². The Morgan fingerprint density at radius 3 is 2.28 bits per heavy atom. The van der Waals surface area contributed by atoms with Crippen LogP contribution in [0.2, 0.25) is 10.0 Å². The van der Waals surface area contributed by atoms with Crippen LogP contribution in [-0.2, 0) is 16.1 Å². The van der Waals surface area contributed by atoms with E-state index in [1.807, 2.05) is 26.0 Å². The SMILES string of the molecule is CC(C)NC(=O)[C@@H](C)N(Cc1ccc(Cl)cc1)C(=O)COc1ccc(Cl)cc1Br. The van der Waals surface area contributed by atoms with Crippen LogP contribution in [0.5, 0.6) is 5.75 Å². The van der Waals surface area contributed by atoms with E-state index in [0.29, 0.717) is 20.3 Å². The molecule has 0 unspecified atom stereocenters. The summed E-state index contributed by atoms with van der Waals surface area (Å²) in [5, 5.41) is 4.00. The molecular formula is C21H23BrCl2N2O3. The van der Waals surface area contributed by atoms with E-state index >= 15 is 0 Å². The van der Waals surface area contributed by atoms with Gasteiger partial charge >= 0.3 is 0 Å². The summed E-state index contributed by atoms with van der Waals surface area (Å²) in [4.78, 5) is 27.0. The van der Waals surface area contributed by atoms with Crippen LogP contribution < -0.4 is 10.1 Å². The largest absolute Gasteiger partial charge is 0.483 e. The molecule has 29 heavy (non-hydrogen) atoms. The Morgan fingerprint density at radius 1 is 1.07 bits per heavy atom. The van der Waals surface area contributed by atoms with Crippen LogP contribution in [0.25, 0.3) is 0 Å². The van der Waals surface area contributed by atoms with Gasteiger partial charge in [0.15, 0.2) is 6.61 Å². The molecule has 0 saturated heterocycles. The summed E-state index contributed by atoms with van der Waals surface area (Å²) in [5.74, 6) is -0.0447. The summed E-state index contributed by atoms with van der Waals surface area (Å²) < 4.78 is 6.30. The molecule has 1 atom stereocenters. The molecule has 0 bridgehead atoms. The standard InChI is InChI=1S/C21H23BrCl2N2O3/c1-13(2)25-21(28)14(3)26(11-15-4-6-16(23)7-5-15)20(27)12-29-19-9-8-17(24)10-18(19)22/h4-10,13-14H,11-12H2,1-3H3,(H,25,28)/t14-/m1/s1. The fraction of sp³-hybridized carbons (Fsp3) is 0.333. The molecule has 0 aliphatic heterocycles. The quantitative estimate of drug-likeness (QED) is 0.548. The van der Waals surface area contributed by atoms with E-state index in [-0.39, 0.29) is 31.0 Å². The maximum atomic E-state index is 13.0. The van der Waals surface area contributed by atoms with Crippen molar-refractivity contribution in [3.8, 4) is 5.75 Å². The Balaban J connectivity index is 2.16. The van der Waals surface area contributed by atoms with Gasteiger partial charge in [0, 0.05) is 22.6 Å². The predicted octanol–water partition coefficient (Wildman–Crippen LogP) is 5.08. The van der Waals surface area contributed by atoms with Crippen molar-refractivity contribution in [3.63, 3.8) is 0 Å². The topological polar surface area (TPSA) is 58.6 Å². The first kappa shape index (κ1) is 23.5. The summed E-state index contributed by atoms with van der Waals surface area (Å²) in [5.41, 5.74) is 0.861. The van der Waals surface area contributed by atoms with Crippen molar-refractivity contribution in [2.24, 2.45) is 0 Å². The Morgan fingerprint density at radius 2 is 1.69 bits per heavy atom. The summed E-state index contributed by atoms with van der Waals surface area (Å²) in [6.07, 6.45) is 0. The minimum atomic E-state index is -0.669. The van der Waals surface area contributed by atoms with Crippen LogP contribution in [0.15, 0.2) is 46.9 Å². The first-order valence-corrected chi connectivity index (χ1v) is 10.6. The van der Waals surface area contributed by atoms with Crippen molar-refractivity contribution >= 4 is 50.9 Å². The highest BCUT2D eigenvalue weighted by atomic mass is 79.9. The number of hydrogen-bond acceptors (Lipinski definition) is 3. The Labute approximate surface area is 189 Å². The Hall–Kier alpha value is -1.76. The van der Waals surface area contributed by atoms with E-state index in [1.165, 1.54) is 4.90 Å². The van der Waals surface area contributed by atoms with Crippen molar-refractivity contribution < 1.29 is 14.3 Å². The van der Waals surface area contributed by atoms with Gasteiger partial charge in [-0.1, -0.05) is 35.3 Å². The molecule has 2 aromatic carbocycles. The maximum Gasteiger partial charge on any atom is 0.261 e. The first-order valence-electron chi connectivity index (χ1n) is 9.09. The molecule has 2 rings (SSSR count). The summed E-state index contributed by atoms with van der Waals surface area (Å²) in [6, 6.07) is 11.5. The summed E-state index contributed by atoms with van der Waals surface area (Å²) in [6.45, 7) is 5.49. The first-order chi connectivity index (χ1) is 13.7. The molecule has 0 saturated carbocycles. The number of nitrogens with zero attached hydrogens (tertiary/aromatic N) is 1. The van der Waals surface area contributed by atoms with Crippen LogP contribution in [0, 0.1) is 0 Å². The molecular weight excluding hydrogens is 479 g/mol. The molecule has 0 aliphatic rings. The molecule has 0 radical (unpaired) electrons. The zero-order chi connectivity index (χ0) is 21.6. The van der Waals surface area contributed by atoms with E-state index in [4.69, 9.17) is 27.9 Å². The summed E-state index contributed by atoms with van der Waals surface area (Å²) >= 11 is 15.2. The predicted molar refractivity (Wildman–Crippen MR) is 119 cm³/mol. The second kappa shape index (κ2) is 10.9. The number of amides is 2. The van der Waals surface area contributed by atoms with Crippen LogP contribution in [0.1, 0.15) is 26.3 Å². The fourth-order valence-electron chi connectivity index (χ4n) is 2.59. The van der Waals surface area contributed by atoms with Gasteiger partial charge in [-0.25, -0.2) is 0 Å². The van der Waals surface area contributed by atoms with Crippen LogP contribution in [0.3, 0.4) is 0 Å². The van der Waals surface area contributed by atoms with Gasteiger partial charge in [-0.05, 0) is 72.6 Å². The van der Waals surface area contributed by atoms with Crippen molar-refractivity contribution in [3.05, 3.63) is 62.5 Å². The van der Waals surface area contributed by atoms with E-state index in [2.05, 4.69) is 21.2 Å². The third-order valence-electron chi connectivity index (χ3n) is 4.11. The lowest BCUT2D eigenvalue weighted by Gasteiger charge is -2.29. The highest BCUT2D eigenvalue weighted by Gasteiger charge is 2.27. The zero-order valence-corrected chi connectivity index (χ0v) is 19.5. The number of carbonyl (C=O) groups excluding carboxylic acids is 2. The van der Waals surface area contributed by atoms with Gasteiger partial charge in [-0.3, -0.25) is 9.59 Å². The lowest BCUT2D eigenvalue weighted by Crippen LogP contribution is -2.50. The summed E-state index contributed by atoms with van der Waals surface area (Å²) in [7, 11) is 0. The molecule has 0 heterocycles. The monoisotopic (exact) mass is 500 g/mol. The van der Waals surface area contributed by atoms with Gasteiger partial charge in [0.25, 0.3) is 5.91 Å². The normalized spacial score (nSPS) is 11.8. The molecule has 1 N–H and O–H groups in total. The van der Waals surface area contributed by atoms with E-state index < -0.39 is 6.04 Å². The number of carbonyl (C=O) groups is 2. The van der Waals surface area contributed by atoms with Gasteiger partial charge in [0.05, 0.1) is 4.47 Å². The number of nitrogens with one attached hydrogen (secondary N) is 1. The van der Waals surface area contributed by atoms with Gasteiger partial charge in [0.1, 0.15) is 11.8 Å². The number of benzene rings is 2. The smallest absolute Gasteiger partial charge is 0.261 e. The average Bonchev–Trinajstić information content (AvgIpc) is 2.65. The van der Waals surface area contributed by atoms with E-state index in [1.54, 1.807) is 37.3 Å². The number of ether oxygens (including phenoxy) is 1. The fourth-order valence-corrected chi connectivity index (χ4v) is 3.51. The zero-order valence-electron chi connectivity index (χ0n) is 16.4. The molecule has 0 spiro atoms. The molecule has 0 fully saturated rings. The third kappa shape index (κ3) is 7.21. The minimum absolute atomic E-state index is 0.0290. The molecule has 2 aromatic rings. The van der Waals surface area contributed by atoms with Crippen molar-refractivity contribution in [2.45, 2.75) is 39.4 Å². The maximum absolute atomic E-state index is 13.0. The van der Waals surface area contributed by atoms with E-state index in [0.717, 1.165) is 5.56 Å². The molecule has 156 valence electrons. The van der Waals surface area contributed by atoms with Gasteiger partial charge in [0.2, 0.25) is 5.91 Å². The number of halogens is 3. The minimum Gasteiger partial charge on any atom is -0.483 e. The molecule has 2 amide bonds.